The molecule has 2 heterocycles. The Labute approximate surface area is 194 Å². The minimum atomic E-state index is -1.50. The number of fused-ring (bicyclic) bond motifs is 2. The van der Waals surface area contributed by atoms with E-state index in [2.05, 4.69) is 5.32 Å². The molecule has 2 N–H and O–H groups in total. The highest BCUT2D eigenvalue weighted by atomic mass is 19.1. The summed E-state index contributed by atoms with van der Waals surface area (Å²) in [5.41, 5.74) is 2.80. The van der Waals surface area contributed by atoms with Crippen LogP contribution in [-0.2, 0) is 20.9 Å². The van der Waals surface area contributed by atoms with E-state index in [1.54, 1.807) is 6.07 Å². The van der Waals surface area contributed by atoms with Crippen LogP contribution in [0.3, 0.4) is 0 Å². The van der Waals surface area contributed by atoms with Gasteiger partial charge in [-0.3, -0.25) is 19.2 Å². The topological polar surface area (TPSA) is 122 Å². The fourth-order valence-electron chi connectivity index (χ4n) is 3.99. The van der Waals surface area contributed by atoms with Crippen molar-refractivity contribution >= 4 is 23.6 Å². The van der Waals surface area contributed by atoms with Crippen molar-refractivity contribution in [2.45, 2.75) is 32.0 Å². The number of nitrogens with zero attached hydrogens (tertiary/aromatic N) is 1. The number of carbonyl (C=O) groups is 4. The maximum absolute atomic E-state index is 13.1. The number of Topliss-reactive ketones (excluding diaryl/α,β-unsaturated/α-hetero) is 1. The Morgan fingerprint density at radius 3 is 2.47 bits per heavy atom. The van der Waals surface area contributed by atoms with Gasteiger partial charge in [0, 0.05) is 12.1 Å². The summed E-state index contributed by atoms with van der Waals surface area (Å²) >= 11 is 0. The number of ketones is 1. The molecule has 0 radical (unpaired) electrons. The maximum Gasteiger partial charge on any atom is 0.305 e. The van der Waals surface area contributed by atoms with E-state index in [-0.39, 0.29) is 12.5 Å². The number of aliphatic carboxylic acids is 1. The lowest BCUT2D eigenvalue weighted by atomic mass is 10.00. The van der Waals surface area contributed by atoms with E-state index < -0.39 is 42.8 Å². The minimum Gasteiger partial charge on any atom is -0.486 e. The summed E-state index contributed by atoms with van der Waals surface area (Å²) in [5, 5.41) is 11.2. The molecule has 4 rings (SSSR count). The molecule has 2 aromatic rings. The highest BCUT2D eigenvalue weighted by Gasteiger charge is 2.35. The molecule has 2 aliphatic rings. The summed E-state index contributed by atoms with van der Waals surface area (Å²) in [7, 11) is 0. The van der Waals surface area contributed by atoms with Crippen molar-refractivity contribution in [2.75, 3.05) is 19.9 Å². The fraction of sp³-hybridized carbons (Fsp3) is 0.333. The van der Waals surface area contributed by atoms with Crippen molar-refractivity contribution in [1.82, 2.24) is 10.2 Å². The van der Waals surface area contributed by atoms with E-state index in [1.165, 1.54) is 11.8 Å². The van der Waals surface area contributed by atoms with Gasteiger partial charge in [-0.1, -0.05) is 18.2 Å². The first-order valence-corrected chi connectivity index (χ1v) is 10.7. The second kappa shape index (κ2) is 9.50. The molecule has 0 bridgehead atoms. The molecule has 178 valence electrons. The van der Waals surface area contributed by atoms with Crippen LogP contribution in [0.4, 0.5) is 4.39 Å². The number of carboxylic acid groups (broad SMARTS) is 1. The van der Waals surface area contributed by atoms with Gasteiger partial charge in [-0.05, 0) is 41.8 Å². The van der Waals surface area contributed by atoms with Crippen LogP contribution >= 0.6 is 0 Å². The molecule has 34 heavy (non-hydrogen) atoms. The van der Waals surface area contributed by atoms with Crippen molar-refractivity contribution in [3.63, 3.8) is 0 Å². The predicted molar refractivity (Wildman–Crippen MR) is 117 cm³/mol. The lowest BCUT2D eigenvalue weighted by Crippen LogP contribution is -2.51. The average molecular weight is 470 g/mol. The summed E-state index contributed by atoms with van der Waals surface area (Å²) in [6.07, 6.45) is -0.742. The number of hydrogen-bond donors (Lipinski definition) is 2. The normalized spacial score (nSPS) is 15.9. The quantitative estimate of drug-likeness (QED) is 0.605. The largest absolute Gasteiger partial charge is 0.486 e. The molecule has 0 aromatic heterocycles. The van der Waals surface area contributed by atoms with Crippen LogP contribution in [0.15, 0.2) is 36.4 Å². The van der Waals surface area contributed by atoms with Crippen LogP contribution in [0.25, 0.3) is 11.1 Å². The minimum absolute atomic E-state index is 0.171. The maximum atomic E-state index is 13.1. The number of amides is 2. The van der Waals surface area contributed by atoms with Gasteiger partial charge in [-0.25, -0.2) is 4.39 Å². The molecule has 2 unspecified atom stereocenters. The third-order valence-electron chi connectivity index (χ3n) is 5.88. The van der Waals surface area contributed by atoms with Crippen LogP contribution in [0.1, 0.15) is 29.3 Å². The number of carbonyl (C=O) groups excluding carboxylic acids is 3. The van der Waals surface area contributed by atoms with Crippen LogP contribution in [-0.4, -0.2) is 65.5 Å². The Kier molecular flexibility index (Phi) is 6.49. The first kappa shape index (κ1) is 23.2. The third-order valence-corrected chi connectivity index (χ3v) is 5.88. The van der Waals surface area contributed by atoms with Crippen molar-refractivity contribution in [3.05, 3.63) is 47.5 Å². The van der Waals surface area contributed by atoms with Gasteiger partial charge in [0.2, 0.25) is 5.91 Å². The fourth-order valence-corrected chi connectivity index (χ4v) is 3.99. The number of benzene rings is 2. The van der Waals surface area contributed by atoms with E-state index in [4.69, 9.17) is 14.6 Å². The molecular formula is C24H23FN2O7. The summed E-state index contributed by atoms with van der Waals surface area (Å²) < 4.78 is 23.9. The Morgan fingerprint density at radius 2 is 1.76 bits per heavy atom. The second-order valence-corrected chi connectivity index (χ2v) is 8.10. The van der Waals surface area contributed by atoms with Gasteiger partial charge in [0.15, 0.2) is 17.3 Å². The number of halogens is 1. The van der Waals surface area contributed by atoms with Crippen molar-refractivity contribution in [2.24, 2.45) is 0 Å². The molecular weight excluding hydrogens is 447 g/mol. The highest BCUT2D eigenvalue weighted by Crippen LogP contribution is 2.36. The van der Waals surface area contributed by atoms with Crippen molar-refractivity contribution < 1.29 is 38.1 Å². The van der Waals surface area contributed by atoms with Crippen molar-refractivity contribution in [3.8, 4) is 22.6 Å². The number of carboxylic acids is 1. The monoisotopic (exact) mass is 470 g/mol. The first-order chi connectivity index (χ1) is 16.3. The third kappa shape index (κ3) is 4.57. The van der Waals surface area contributed by atoms with E-state index in [1.807, 2.05) is 30.3 Å². The second-order valence-electron chi connectivity index (χ2n) is 8.10. The van der Waals surface area contributed by atoms with E-state index >= 15 is 0 Å². The molecule has 2 aliphatic heterocycles. The molecule has 2 amide bonds. The Hall–Kier alpha value is -3.95. The van der Waals surface area contributed by atoms with Gasteiger partial charge in [-0.15, -0.1) is 0 Å². The van der Waals surface area contributed by atoms with Crippen LogP contribution < -0.4 is 14.8 Å². The lowest BCUT2D eigenvalue weighted by molar-refractivity contribution is -0.140. The molecule has 0 saturated carbocycles. The zero-order chi connectivity index (χ0) is 24.4. The van der Waals surface area contributed by atoms with Gasteiger partial charge in [-0.2, -0.15) is 0 Å². The van der Waals surface area contributed by atoms with Crippen LogP contribution in [0.2, 0.25) is 0 Å². The predicted octanol–water partition coefficient (Wildman–Crippen LogP) is 1.97. The van der Waals surface area contributed by atoms with Gasteiger partial charge >= 0.3 is 5.97 Å². The first-order valence-electron chi connectivity index (χ1n) is 10.7. The number of nitrogens with one attached hydrogen (secondary N) is 1. The lowest BCUT2D eigenvalue weighted by Gasteiger charge is -2.25. The standard InChI is InChI=1S/C24H23FN2O7/c1-13(23(31)26-18(10-22(29)30)19(28)11-25)27-12-16-3-2-14(8-17(16)24(27)32)15-4-5-20-21(9-15)34-7-6-33-20/h2-5,8-9,13,18H,6-7,10-12H2,1H3,(H,26,31)(H,29,30). The molecule has 2 aromatic carbocycles. The molecule has 0 spiro atoms. The highest BCUT2D eigenvalue weighted by molar-refractivity contribution is 6.02. The number of rotatable bonds is 8. The van der Waals surface area contributed by atoms with Gasteiger partial charge in [0.1, 0.15) is 32.0 Å². The van der Waals surface area contributed by atoms with Gasteiger partial charge in [0.05, 0.1) is 6.42 Å². The SMILES string of the molecule is CC(C(=O)NC(CC(=O)O)C(=O)CF)N1Cc2ccc(-c3ccc4c(c3)OCCO4)cc2C1=O. The number of ether oxygens (including phenoxy) is 2. The van der Waals surface area contributed by atoms with E-state index in [9.17, 15) is 23.6 Å². The Balaban J connectivity index is 1.50. The van der Waals surface area contributed by atoms with Gasteiger partial charge < -0.3 is 24.8 Å². The van der Waals surface area contributed by atoms with Crippen LogP contribution in [0, 0.1) is 0 Å². The number of alkyl halides is 1. The molecule has 0 saturated heterocycles. The summed E-state index contributed by atoms with van der Waals surface area (Å²) in [5.74, 6) is -2.21. The van der Waals surface area contributed by atoms with Gasteiger partial charge in [0.25, 0.3) is 5.91 Å². The Morgan fingerprint density at radius 1 is 1.09 bits per heavy atom. The average Bonchev–Trinajstić information content (AvgIpc) is 3.17. The Bertz CT molecular complexity index is 1170. The summed E-state index contributed by atoms with van der Waals surface area (Å²) in [4.78, 5) is 49.7. The zero-order valence-electron chi connectivity index (χ0n) is 18.4. The zero-order valence-corrected chi connectivity index (χ0v) is 18.4. The van der Waals surface area contributed by atoms with E-state index in [0.717, 1.165) is 16.7 Å². The molecule has 10 heteroatoms. The molecule has 9 nitrogen and oxygen atoms in total. The summed E-state index contributed by atoms with van der Waals surface area (Å²) in [6, 6.07) is 8.44. The van der Waals surface area contributed by atoms with E-state index in [0.29, 0.717) is 30.3 Å². The molecule has 2 atom stereocenters. The van der Waals surface area contributed by atoms with Crippen molar-refractivity contribution in [1.29, 1.82) is 0 Å². The molecule has 0 fully saturated rings. The summed E-state index contributed by atoms with van der Waals surface area (Å²) in [6.45, 7) is 1.19. The molecule has 0 aliphatic carbocycles. The van der Waals surface area contributed by atoms with Crippen LogP contribution in [0.5, 0.6) is 11.5 Å². The smallest absolute Gasteiger partial charge is 0.305 e. The number of hydrogen-bond acceptors (Lipinski definition) is 6.